The quantitative estimate of drug-likeness (QED) is 0.0919. The van der Waals surface area contributed by atoms with Crippen molar-refractivity contribution in [1.29, 1.82) is 0 Å². The number of rotatable bonds is 11. The highest BCUT2D eigenvalue weighted by molar-refractivity contribution is 9.10. The minimum absolute atomic E-state index is 0.208. The van der Waals surface area contributed by atoms with Crippen LogP contribution in [-0.2, 0) is 4.79 Å². The summed E-state index contributed by atoms with van der Waals surface area (Å²) in [5, 5.41) is 4.00. The summed E-state index contributed by atoms with van der Waals surface area (Å²) in [5.41, 5.74) is 5.47. The fourth-order valence-corrected chi connectivity index (χ4v) is 3.89. The van der Waals surface area contributed by atoms with Crippen LogP contribution in [0.5, 0.6) is 17.2 Å². The molecule has 1 N–H and O–H groups in total. The van der Waals surface area contributed by atoms with Crippen molar-refractivity contribution < 1.29 is 23.8 Å². The third kappa shape index (κ3) is 8.28. The maximum atomic E-state index is 12.7. The van der Waals surface area contributed by atoms with E-state index in [0.29, 0.717) is 35.0 Å². The number of esters is 1. The molecule has 0 aliphatic rings. The highest BCUT2D eigenvalue weighted by Gasteiger charge is 2.12. The number of carbonyl (C=O) groups is 2. The second kappa shape index (κ2) is 13.9. The van der Waals surface area contributed by atoms with Crippen molar-refractivity contribution in [2.75, 3.05) is 13.2 Å². The third-order valence-corrected chi connectivity index (χ3v) is 5.95. The molecule has 198 valence electrons. The van der Waals surface area contributed by atoms with E-state index in [4.69, 9.17) is 14.2 Å². The summed E-state index contributed by atoms with van der Waals surface area (Å²) < 4.78 is 17.5. The van der Waals surface area contributed by atoms with Crippen molar-refractivity contribution in [3.05, 3.63) is 113 Å². The molecule has 0 aliphatic carbocycles. The summed E-state index contributed by atoms with van der Waals surface area (Å²) in [6, 6.07) is 29.4. The smallest absolute Gasteiger partial charge is 0.343 e. The number of halogens is 1. The highest BCUT2D eigenvalue weighted by Crippen LogP contribution is 2.24. The van der Waals surface area contributed by atoms with E-state index >= 15 is 0 Å². The molecule has 0 radical (unpaired) electrons. The first-order valence-electron chi connectivity index (χ1n) is 12.4. The number of hydrogen-bond acceptors (Lipinski definition) is 6. The largest absolute Gasteiger partial charge is 0.494 e. The van der Waals surface area contributed by atoms with Gasteiger partial charge in [0.05, 0.1) is 18.4 Å². The third-order valence-electron chi connectivity index (χ3n) is 5.46. The maximum absolute atomic E-state index is 12.7. The van der Waals surface area contributed by atoms with Crippen LogP contribution >= 0.6 is 15.9 Å². The molecule has 8 heteroatoms. The van der Waals surface area contributed by atoms with Crippen LogP contribution in [0, 0.1) is 0 Å². The number of nitrogens with one attached hydrogen (secondary N) is 1. The minimum atomic E-state index is -0.523. The molecule has 0 fully saturated rings. The molecule has 0 bridgehead atoms. The van der Waals surface area contributed by atoms with Crippen molar-refractivity contribution in [1.82, 2.24) is 5.43 Å². The van der Waals surface area contributed by atoms with Crippen LogP contribution in [0.1, 0.15) is 29.3 Å². The van der Waals surface area contributed by atoms with Gasteiger partial charge in [-0.1, -0.05) is 65.3 Å². The van der Waals surface area contributed by atoms with Crippen LogP contribution in [0.25, 0.3) is 11.1 Å². The zero-order valence-corrected chi connectivity index (χ0v) is 22.9. The van der Waals surface area contributed by atoms with Crippen LogP contribution in [0.4, 0.5) is 0 Å². The lowest BCUT2D eigenvalue weighted by Crippen LogP contribution is -2.24. The summed E-state index contributed by atoms with van der Waals surface area (Å²) >= 11 is 3.40. The topological polar surface area (TPSA) is 86.2 Å². The van der Waals surface area contributed by atoms with Crippen molar-refractivity contribution in [2.24, 2.45) is 5.10 Å². The van der Waals surface area contributed by atoms with Gasteiger partial charge in [-0.05, 0) is 72.1 Å². The summed E-state index contributed by atoms with van der Waals surface area (Å²) in [4.78, 5) is 24.9. The number of amides is 1. The van der Waals surface area contributed by atoms with Crippen LogP contribution in [-0.4, -0.2) is 31.3 Å². The van der Waals surface area contributed by atoms with Crippen LogP contribution in [0.3, 0.4) is 0 Å². The first-order chi connectivity index (χ1) is 19.0. The van der Waals surface area contributed by atoms with Crippen molar-refractivity contribution in [3.8, 4) is 28.4 Å². The predicted octanol–water partition coefficient (Wildman–Crippen LogP) is 6.65. The number of nitrogens with zero attached hydrogens (tertiary/aromatic N) is 1. The van der Waals surface area contributed by atoms with Gasteiger partial charge >= 0.3 is 5.97 Å². The second-order valence-corrected chi connectivity index (χ2v) is 9.33. The fourth-order valence-electron chi connectivity index (χ4n) is 3.51. The standard InChI is InChI=1S/C31H27BrN2O5/c1-2-18-37-27-15-10-24(11-16-27)31(36)39-29-17-12-26(32)19-25(29)20-33-34-30(35)21-38-28-13-8-23(9-14-28)22-6-4-3-5-7-22/h3-17,19-20H,2,18,21H2,1H3,(H,34,35)/b33-20-. The van der Waals surface area contributed by atoms with Gasteiger partial charge in [0.15, 0.2) is 6.61 Å². The first-order valence-corrected chi connectivity index (χ1v) is 13.2. The monoisotopic (exact) mass is 586 g/mol. The molecule has 0 spiro atoms. The zero-order valence-electron chi connectivity index (χ0n) is 21.3. The number of hydrogen-bond donors (Lipinski definition) is 1. The molecule has 4 aromatic carbocycles. The van der Waals surface area contributed by atoms with E-state index in [2.05, 4.69) is 26.5 Å². The summed E-state index contributed by atoms with van der Waals surface area (Å²) in [6.45, 7) is 2.42. The van der Waals surface area contributed by atoms with Gasteiger partial charge < -0.3 is 14.2 Å². The average Bonchev–Trinajstić information content (AvgIpc) is 2.97. The maximum Gasteiger partial charge on any atom is 0.343 e. The van der Waals surface area contributed by atoms with Crippen LogP contribution < -0.4 is 19.6 Å². The van der Waals surface area contributed by atoms with E-state index in [1.165, 1.54) is 6.21 Å². The Morgan fingerprint density at radius 3 is 2.23 bits per heavy atom. The Labute approximate surface area is 235 Å². The average molecular weight is 587 g/mol. The molecule has 0 saturated heterocycles. The van der Waals surface area contributed by atoms with Gasteiger partial charge in [-0.15, -0.1) is 0 Å². The number of hydrazone groups is 1. The van der Waals surface area contributed by atoms with Gasteiger partial charge in [-0.25, -0.2) is 10.2 Å². The van der Waals surface area contributed by atoms with Crippen LogP contribution in [0.2, 0.25) is 0 Å². The van der Waals surface area contributed by atoms with Gasteiger partial charge in [0.25, 0.3) is 5.91 Å². The number of benzene rings is 4. The minimum Gasteiger partial charge on any atom is -0.494 e. The SMILES string of the molecule is CCCOc1ccc(C(=O)Oc2ccc(Br)cc2/C=N\NC(=O)COc2ccc(-c3ccccc3)cc2)cc1. The summed E-state index contributed by atoms with van der Waals surface area (Å²) in [6.07, 6.45) is 2.30. The zero-order chi connectivity index (χ0) is 27.5. The predicted molar refractivity (Wildman–Crippen MR) is 154 cm³/mol. The van der Waals surface area contributed by atoms with Gasteiger partial charge in [0.2, 0.25) is 0 Å². The van der Waals surface area contributed by atoms with E-state index < -0.39 is 11.9 Å². The van der Waals surface area contributed by atoms with E-state index in [1.54, 1.807) is 42.5 Å². The Bertz CT molecular complexity index is 1420. The molecule has 0 saturated carbocycles. The molecule has 0 aliphatic heterocycles. The van der Waals surface area contributed by atoms with E-state index in [9.17, 15) is 9.59 Å². The second-order valence-electron chi connectivity index (χ2n) is 8.42. The van der Waals surface area contributed by atoms with Gasteiger partial charge in [0, 0.05) is 10.0 Å². The molecule has 0 unspecified atom stereocenters. The lowest BCUT2D eigenvalue weighted by molar-refractivity contribution is -0.123. The Morgan fingerprint density at radius 2 is 1.51 bits per heavy atom. The normalized spacial score (nSPS) is 10.7. The fraction of sp³-hybridized carbons (Fsp3) is 0.129. The van der Waals surface area contributed by atoms with Crippen molar-refractivity contribution >= 4 is 34.0 Å². The molecule has 4 aromatic rings. The molecule has 39 heavy (non-hydrogen) atoms. The molecule has 0 atom stereocenters. The summed E-state index contributed by atoms with van der Waals surface area (Å²) in [7, 11) is 0. The molecule has 7 nitrogen and oxygen atoms in total. The van der Waals surface area contributed by atoms with Gasteiger partial charge in [-0.2, -0.15) is 5.10 Å². The van der Waals surface area contributed by atoms with E-state index in [-0.39, 0.29) is 6.61 Å². The van der Waals surface area contributed by atoms with Crippen molar-refractivity contribution in [3.63, 3.8) is 0 Å². The Hall–Kier alpha value is -4.43. The molecule has 4 rings (SSSR count). The highest BCUT2D eigenvalue weighted by atomic mass is 79.9. The van der Waals surface area contributed by atoms with Crippen LogP contribution in [0.15, 0.2) is 107 Å². The van der Waals surface area contributed by atoms with Gasteiger partial charge in [-0.3, -0.25) is 4.79 Å². The molecular weight excluding hydrogens is 560 g/mol. The Balaban J connectivity index is 1.31. The van der Waals surface area contributed by atoms with E-state index in [0.717, 1.165) is 22.0 Å². The number of ether oxygens (including phenoxy) is 3. The lowest BCUT2D eigenvalue weighted by Gasteiger charge is -2.09. The Kier molecular flexibility index (Phi) is 9.85. The Morgan fingerprint density at radius 1 is 0.846 bits per heavy atom. The first kappa shape index (κ1) is 27.6. The molecule has 0 aromatic heterocycles. The van der Waals surface area contributed by atoms with Crippen molar-refractivity contribution in [2.45, 2.75) is 13.3 Å². The molecular formula is C31H27BrN2O5. The molecule has 1 amide bonds. The van der Waals surface area contributed by atoms with E-state index in [1.807, 2.05) is 61.5 Å². The lowest BCUT2D eigenvalue weighted by atomic mass is 10.1. The molecule has 0 heterocycles. The number of carbonyl (C=O) groups excluding carboxylic acids is 2. The summed E-state index contributed by atoms with van der Waals surface area (Å²) in [5.74, 6) is 0.595. The van der Waals surface area contributed by atoms with Gasteiger partial charge in [0.1, 0.15) is 17.2 Å².